The van der Waals surface area contributed by atoms with Gasteiger partial charge < -0.3 is 20.3 Å². The van der Waals surface area contributed by atoms with E-state index in [1.807, 2.05) is 0 Å². The molecule has 0 heterocycles. The fourth-order valence-corrected chi connectivity index (χ4v) is 1.95. The lowest BCUT2D eigenvalue weighted by atomic mass is 10.1. The summed E-state index contributed by atoms with van der Waals surface area (Å²) in [6.07, 6.45) is 2.72. The lowest BCUT2D eigenvalue weighted by Crippen LogP contribution is -2.46. The van der Waals surface area contributed by atoms with Gasteiger partial charge in [-0.05, 0) is 32.9 Å². The van der Waals surface area contributed by atoms with E-state index in [0.717, 1.165) is 25.0 Å². The zero-order valence-corrected chi connectivity index (χ0v) is 11.5. The van der Waals surface area contributed by atoms with Gasteiger partial charge in [0.2, 0.25) is 0 Å². The van der Waals surface area contributed by atoms with Crippen molar-refractivity contribution in [1.82, 2.24) is 15.5 Å². The van der Waals surface area contributed by atoms with Crippen LogP contribution in [0.1, 0.15) is 12.8 Å². The maximum absolute atomic E-state index is 5.00. The van der Waals surface area contributed by atoms with E-state index in [0.29, 0.717) is 12.6 Å². The van der Waals surface area contributed by atoms with E-state index in [-0.39, 0.29) is 0 Å². The molecule has 5 nitrogen and oxygen atoms in total. The Balaban J connectivity index is 2.25. The molecule has 1 saturated carbocycles. The zero-order valence-electron chi connectivity index (χ0n) is 11.5. The monoisotopic (exact) mass is 242 g/mol. The van der Waals surface area contributed by atoms with Crippen LogP contribution in [0.5, 0.6) is 0 Å². The van der Waals surface area contributed by atoms with Crippen LogP contribution >= 0.6 is 0 Å². The molecule has 0 spiro atoms. The molecular formula is C12H26N4O. The van der Waals surface area contributed by atoms with E-state index in [1.165, 1.54) is 12.8 Å². The van der Waals surface area contributed by atoms with E-state index in [4.69, 9.17) is 4.74 Å². The third-order valence-electron chi connectivity index (χ3n) is 3.13. The molecule has 1 atom stereocenters. The number of hydrogen-bond donors (Lipinski definition) is 2. The summed E-state index contributed by atoms with van der Waals surface area (Å²) in [6, 6.07) is 0.607. The SMILES string of the molecule is CN=C(NCCOC)NCC(C1CC1)N(C)C. The zero-order chi connectivity index (χ0) is 12.7. The molecule has 0 aliphatic heterocycles. The number of rotatable bonds is 7. The number of likely N-dealkylation sites (N-methyl/N-ethyl adjacent to an activating group) is 1. The smallest absolute Gasteiger partial charge is 0.191 e. The molecular weight excluding hydrogens is 216 g/mol. The Morgan fingerprint density at radius 2 is 2.12 bits per heavy atom. The fourth-order valence-electron chi connectivity index (χ4n) is 1.95. The summed E-state index contributed by atoms with van der Waals surface area (Å²) in [5, 5.41) is 6.59. The predicted octanol–water partition coefficient (Wildman–Crippen LogP) is 0.138. The number of hydrogen-bond acceptors (Lipinski definition) is 3. The van der Waals surface area contributed by atoms with Gasteiger partial charge in [0, 0.05) is 33.3 Å². The highest BCUT2D eigenvalue weighted by Crippen LogP contribution is 2.34. The third-order valence-corrected chi connectivity index (χ3v) is 3.13. The van der Waals surface area contributed by atoms with Gasteiger partial charge in [0.15, 0.2) is 5.96 Å². The van der Waals surface area contributed by atoms with E-state index in [1.54, 1.807) is 14.2 Å². The molecule has 5 heteroatoms. The van der Waals surface area contributed by atoms with Gasteiger partial charge in [-0.25, -0.2) is 0 Å². The minimum absolute atomic E-state index is 0.607. The maximum atomic E-state index is 5.00. The van der Waals surface area contributed by atoms with Crippen molar-refractivity contribution in [2.45, 2.75) is 18.9 Å². The molecule has 0 bridgehead atoms. The summed E-state index contributed by atoms with van der Waals surface area (Å²) in [6.45, 7) is 2.43. The number of ether oxygens (including phenoxy) is 1. The average Bonchev–Trinajstić information content (AvgIpc) is 3.11. The van der Waals surface area contributed by atoms with Gasteiger partial charge in [-0.2, -0.15) is 0 Å². The van der Waals surface area contributed by atoms with Crippen molar-refractivity contribution >= 4 is 5.96 Å². The maximum Gasteiger partial charge on any atom is 0.191 e. The van der Waals surface area contributed by atoms with Crippen molar-refractivity contribution in [3.8, 4) is 0 Å². The molecule has 2 N–H and O–H groups in total. The Morgan fingerprint density at radius 1 is 1.41 bits per heavy atom. The molecule has 1 fully saturated rings. The highest BCUT2D eigenvalue weighted by molar-refractivity contribution is 5.79. The van der Waals surface area contributed by atoms with E-state index in [2.05, 4.69) is 34.6 Å². The Hall–Kier alpha value is -0.810. The first kappa shape index (κ1) is 14.3. The van der Waals surface area contributed by atoms with E-state index < -0.39 is 0 Å². The van der Waals surface area contributed by atoms with Crippen LogP contribution in [0.2, 0.25) is 0 Å². The lowest BCUT2D eigenvalue weighted by molar-refractivity contribution is 0.203. The molecule has 1 aliphatic carbocycles. The molecule has 0 aromatic carbocycles. The van der Waals surface area contributed by atoms with E-state index in [9.17, 15) is 0 Å². The molecule has 100 valence electrons. The number of nitrogens with zero attached hydrogens (tertiary/aromatic N) is 2. The Labute approximate surface area is 105 Å². The second kappa shape index (κ2) is 7.50. The van der Waals surface area contributed by atoms with Crippen molar-refractivity contribution in [1.29, 1.82) is 0 Å². The summed E-state index contributed by atoms with van der Waals surface area (Å²) < 4.78 is 5.00. The molecule has 0 aromatic heterocycles. The highest BCUT2D eigenvalue weighted by atomic mass is 16.5. The number of guanidine groups is 1. The van der Waals surface area contributed by atoms with Gasteiger partial charge in [0.1, 0.15) is 0 Å². The van der Waals surface area contributed by atoms with Crippen LogP contribution in [-0.2, 0) is 4.74 Å². The van der Waals surface area contributed by atoms with Gasteiger partial charge in [-0.1, -0.05) is 0 Å². The molecule has 1 unspecified atom stereocenters. The van der Waals surface area contributed by atoms with Crippen molar-refractivity contribution in [3.05, 3.63) is 0 Å². The first-order chi connectivity index (χ1) is 8.19. The molecule has 1 aliphatic rings. The largest absolute Gasteiger partial charge is 0.383 e. The van der Waals surface area contributed by atoms with Gasteiger partial charge in [0.05, 0.1) is 6.61 Å². The lowest BCUT2D eigenvalue weighted by Gasteiger charge is -2.25. The number of aliphatic imine (C=N–C) groups is 1. The van der Waals surface area contributed by atoms with Gasteiger partial charge >= 0.3 is 0 Å². The quantitative estimate of drug-likeness (QED) is 0.379. The normalized spacial score (nSPS) is 18.3. The minimum Gasteiger partial charge on any atom is -0.383 e. The second-order valence-corrected chi connectivity index (χ2v) is 4.74. The summed E-state index contributed by atoms with van der Waals surface area (Å²) in [7, 11) is 7.79. The van der Waals surface area contributed by atoms with Crippen LogP contribution in [0.4, 0.5) is 0 Å². The highest BCUT2D eigenvalue weighted by Gasteiger charge is 2.32. The first-order valence-corrected chi connectivity index (χ1v) is 6.29. The first-order valence-electron chi connectivity index (χ1n) is 6.29. The Morgan fingerprint density at radius 3 is 2.59 bits per heavy atom. The van der Waals surface area contributed by atoms with Crippen LogP contribution in [-0.4, -0.2) is 64.9 Å². The molecule has 17 heavy (non-hydrogen) atoms. The van der Waals surface area contributed by atoms with E-state index >= 15 is 0 Å². The van der Waals surface area contributed by atoms with Crippen molar-refractivity contribution in [3.63, 3.8) is 0 Å². The standard InChI is InChI=1S/C12H26N4O/c1-13-12(14-7-8-17-4)15-9-11(16(2)3)10-5-6-10/h10-11H,5-9H2,1-4H3,(H2,13,14,15). The predicted molar refractivity (Wildman–Crippen MR) is 71.4 cm³/mol. The summed E-state index contributed by atoms with van der Waals surface area (Å²) in [5.41, 5.74) is 0. The fraction of sp³-hybridized carbons (Fsp3) is 0.917. The molecule has 1 rings (SSSR count). The Bertz CT molecular complexity index is 237. The molecule has 0 amide bonds. The number of nitrogens with one attached hydrogen (secondary N) is 2. The minimum atomic E-state index is 0.607. The van der Waals surface area contributed by atoms with Crippen molar-refractivity contribution < 1.29 is 4.74 Å². The van der Waals surface area contributed by atoms with Crippen LogP contribution in [0.15, 0.2) is 4.99 Å². The number of methoxy groups -OCH3 is 1. The van der Waals surface area contributed by atoms with Crippen molar-refractivity contribution in [2.75, 3.05) is 47.9 Å². The summed E-state index contributed by atoms with van der Waals surface area (Å²) in [4.78, 5) is 6.49. The summed E-state index contributed by atoms with van der Waals surface area (Å²) >= 11 is 0. The van der Waals surface area contributed by atoms with Crippen LogP contribution in [0.25, 0.3) is 0 Å². The van der Waals surface area contributed by atoms with Crippen LogP contribution in [0.3, 0.4) is 0 Å². The van der Waals surface area contributed by atoms with Crippen LogP contribution < -0.4 is 10.6 Å². The van der Waals surface area contributed by atoms with Crippen molar-refractivity contribution in [2.24, 2.45) is 10.9 Å². The average molecular weight is 242 g/mol. The summed E-state index contributed by atoms with van der Waals surface area (Å²) in [5.74, 6) is 1.71. The van der Waals surface area contributed by atoms with Gasteiger partial charge in [-0.15, -0.1) is 0 Å². The molecule has 0 aromatic rings. The van der Waals surface area contributed by atoms with Gasteiger partial charge in [0.25, 0.3) is 0 Å². The molecule has 0 radical (unpaired) electrons. The topological polar surface area (TPSA) is 48.9 Å². The molecule has 0 saturated heterocycles. The second-order valence-electron chi connectivity index (χ2n) is 4.74. The van der Waals surface area contributed by atoms with Gasteiger partial charge in [-0.3, -0.25) is 4.99 Å². The Kier molecular flexibility index (Phi) is 6.29. The third kappa shape index (κ3) is 5.37. The van der Waals surface area contributed by atoms with Crippen LogP contribution in [0, 0.1) is 5.92 Å².